The van der Waals surface area contributed by atoms with E-state index in [4.69, 9.17) is 10.5 Å². The monoisotopic (exact) mass is 282 g/mol. The van der Waals surface area contributed by atoms with Crippen LogP contribution >= 0.6 is 0 Å². The Kier molecular flexibility index (Phi) is 5.40. The highest BCUT2D eigenvalue weighted by Gasteiger charge is 2.30. The highest BCUT2D eigenvalue weighted by atomic mass is 16.5. The normalized spacial score (nSPS) is 34.5. The fourth-order valence-electron chi connectivity index (χ4n) is 3.60. The van der Waals surface area contributed by atoms with E-state index < -0.39 is 0 Å². The smallest absolute Gasteiger partial charge is 0.308 e. The lowest BCUT2D eigenvalue weighted by Crippen LogP contribution is -2.45. The number of hydrogen-bond acceptors (Lipinski definition) is 4. The van der Waals surface area contributed by atoms with Gasteiger partial charge in [-0.3, -0.25) is 9.59 Å². The zero-order chi connectivity index (χ0) is 14.5. The van der Waals surface area contributed by atoms with Crippen LogP contribution in [0, 0.1) is 11.8 Å². The van der Waals surface area contributed by atoms with Gasteiger partial charge in [-0.1, -0.05) is 6.42 Å². The summed E-state index contributed by atoms with van der Waals surface area (Å²) in [6.45, 7) is 0. The zero-order valence-electron chi connectivity index (χ0n) is 12.3. The van der Waals surface area contributed by atoms with Crippen LogP contribution in [0.2, 0.25) is 0 Å². The first-order valence-corrected chi connectivity index (χ1v) is 7.73. The van der Waals surface area contributed by atoms with Crippen molar-refractivity contribution >= 4 is 11.9 Å². The number of nitrogens with two attached hydrogens (primary N) is 1. The standard InChI is InChI=1S/C15H26N2O3/c1-20-15(19)10-5-7-12(8-6-10)17-13-4-2-3-11(9-13)14(16)18/h10-13,17H,2-9H2,1H3,(H2,16,18)/t10?,11-,12?,13+/m1/s1. The van der Waals surface area contributed by atoms with E-state index >= 15 is 0 Å². The predicted octanol–water partition coefficient (Wildman–Crippen LogP) is 1.35. The molecule has 2 aliphatic carbocycles. The van der Waals surface area contributed by atoms with Crippen LogP contribution in [0.25, 0.3) is 0 Å². The summed E-state index contributed by atoms with van der Waals surface area (Å²) >= 11 is 0. The van der Waals surface area contributed by atoms with Gasteiger partial charge in [-0.15, -0.1) is 0 Å². The topological polar surface area (TPSA) is 81.4 Å². The molecule has 5 heteroatoms. The van der Waals surface area contributed by atoms with E-state index in [0.29, 0.717) is 12.1 Å². The second-order valence-corrected chi connectivity index (χ2v) is 6.20. The Morgan fingerprint density at radius 1 is 1.00 bits per heavy atom. The Morgan fingerprint density at radius 3 is 2.30 bits per heavy atom. The van der Waals surface area contributed by atoms with E-state index in [2.05, 4.69) is 5.32 Å². The third-order valence-corrected chi connectivity index (χ3v) is 4.81. The van der Waals surface area contributed by atoms with Gasteiger partial charge in [0, 0.05) is 18.0 Å². The summed E-state index contributed by atoms with van der Waals surface area (Å²) < 4.78 is 4.80. The molecule has 0 aliphatic heterocycles. The summed E-state index contributed by atoms with van der Waals surface area (Å²) in [5.41, 5.74) is 5.41. The molecule has 20 heavy (non-hydrogen) atoms. The maximum absolute atomic E-state index is 11.5. The summed E-state index contributed by atoms with van der Waals surface area (Å²) in [5, 5.41) is 3.66. The number of ether oxygens (including phenoxy) is 1. The molecule has 0 saturated heterocycles. The highest BCUT2D eigenvalue weighted by molar-refractivity contribution is 5.76. The van der Waals surface area contributed by atoms with Crippen molar-refractivity contribution in [3.63, 3.8) is 0 Å². The van der Waals surface area contributed by atoms with Crippen LogP contribution in [-0.2, 0) is 14.3 Å². The van der Waals surface area contributed by atoms with E-state index in [1.807, 2.05) is 0 Å². The van der Waals surface area contributed by atoms with Crippen molar-refractivity contribution in [1.82, 2.24) is 5.32 Å². The molecule has 114 valence electrons. The van der Waals surface area contributed by atoms with Gasteiger partial charge in [0.25, 0.3) is 0 Å². The second kappa shape index (κ2) is 7.07. The van der Waals surface area contributed by atoms with E-state index in [1.165, 1.54) is 7.11 Å². The molecule has 2 fully saturated rings. The lowest BCUT2D eigenvalue weighted by atomic mass is 9.82. The largest absolute Gasteiger partial charge is 0.469 e. The number of hydrogen-bond donors (Lipinski definition) is 2. The number of carbonyl (C=O) groups is 2. The van der Waals surface area contributed by atoms with Gasteiger partial charge in [-0.05, 0) is 44.9 Å². The molecule has 0 unspecified atom stereocenters. The van der Waals surface area contributed by atoms with E-state index in [-0.39, 0.29) is 23.7 Å². The summed E-state index contributed by atoms with van der Waals surface area (Å²) in [7, 11) is 1.46. The van der Waals surface area contributed by atoms with Gasteiger partial charge in [-0.25, -0.2) is 0 Å². The summed E-state index contributed by atoms with van der Waals surface area (Å²) in [4.78, 5) is 22.8. The van der Waals surface area contributed by atoms with Crippen molar-refractivity contribution < 1.29 is 14.3 Å². The van der Waals surface area contributed by atoms with Crippen LogP contribution in [0.4, 0.5) is 0 Å². The molecule has 2 aliphatic rings. The predicted molar refractivity (Wildman–Crippen MR) is 75.8 cm³/mol. The van der Waals surface area contributed by atoms with E-state index in [9.17, 15) is 9.59 Å². The lowest BCUT2D eigenvalue weighted by molar-refractivity contribution is -0.146. The lowest BCUT2D eigenvalue weighted by Gasteiger charge is -2.34. The minimum atomic E-state index is -0.161. The number of nitrogens with one attached hydrogen (secondary N) is 1. The van der Waals surface area contributed by atoms with E-state index in [1.54, 1.807) is 0 Å². The fourth-order valence-corrected chi connectivity index (χ4v) is 3.60. The average Bonchev–Trinajstić information content (AvgIpc) is 2.47. The molecule has 0 bridgehead atoms. The Hall–Kier alpha value is -1.10. The van der Waals surface area contributed by atoms with Crippen molar-refractivity contribution in [3.8, 4) is 0 Å². The van der Waals surface area contributed by atoms with Crippen molar-refractivity contribution in [1.29, 1.82) is 0 Å². The van der Waals surface area contributed by atoms with Gasteiger partial charge in [0.2, 0.25) is 5.91 Å². The summed E-state index contributed by atoms with van der Waals surface area (Å²) in [5.74, 6) is -0.128. The molecular formula is C15H26N2O3. The molecule has 2 rings (SSSR count). The molecule has 2 atom stereocenters. The fraction of sp³-hybridized carbons (Fsp3) is 0.867. The number of primary amides is 1. The van der Waals surface area contributed by atoms with Crippen LogP contribution in [0.1, 0.15) is 51.4 Å². The number of rotatable bonds is 4. The van der Waals surface area contributed by atoms with Crippen molar-refractivity contribution in [2.45, 2.75) is 63.5 Å². The Morgan fingerprint density at radius 2 is 1.70 bits per heavy atom. The minimum Gasteiger partial charge on any atom is -0.469 e. The SMILES string of the molecule is COC(=O)C1CCC(N[C@H]2CCC[C@@H](C(N)=O)C2)CC1. The average molecular weight is 282 g/mol. The third-order valence-electron chi connectivity index (χ3n) is 4.81. The van der Waals surface area contributed by atoms with Crippen LogP contribution in [0.3, 0.4) is 0 Å². The number of methoxy groups -OCH3 is 1. The first-order chi connectivity index (χ1) is 9.60. The van der Waals surface area contributed by atoms with Crippen molar-refractivity contribution in [2.75, 3.05) is 7.11 Å². The summed E-state index contributed by atoms with van der Waals surface area (Å²) in [6, 6.07) is 0.869. The molecule has 0 aromatic rings. The van der Waals surface area contributed by atoms with Gasteiger partial charge in [0.15, 0.2) is 0 Å². The molecule has 0 spiro atoms. The number of amides is 1. The van der Waals surface area contributed by atoms with Gasteiger partial charge >= 0.3 is 5.97 Å². The highest BCUT2D eigenvalue weighted by Crippen LogP contribution is 2.28. The molecule has 0 heterocycles. The second-order valence-electron chi connectivity index (χ2n) is 6.20. The Labute approximate surface area is 120 Å². The molecular weight excluding hydrogens is 256 g/mol. The third kappa shape index (κ3) is 3.95. The van der Waals surface area contributed by atoms with Gasteiger partial charge in [0.1, 0.15) is 0 Å². The first kappa shape index (κ1) is 15.3. The van der Waals surface area contributed by atoms with Gasteiger partial charge in [0.05, 0.1) is 13.0 Å². The summed E-state index contributed by atoms with van der Waals surface area (Å²) in [6.07, 6.45) is 7.82. The van der Waals surface area contributed by atoms with Crippen molar-refractivity contribution in [2.24, 2.45) is 17.6 Å². The van der Waals surface area contributed by atoms with Crippen LogP contribution in [0.5, 0.6) is 0 Å². The van der Waals surface area contributed by atoms with Crippen molar-refractivity contribution in [3.05, 3.63) is 0 Å². The number of carbonyl (C=O) groups excluding carboxylic acids is 2. The molecule has 5 nitrogen and oxygen atoms in total. The van der Waals surface area contributed by atoms with Crippen LogP contribution in [0.15, 0.2) is 0 Å². The molecule has 0 radical (unpaired) electrons. The Bertz CT molecular complexity index is 351. The van der Waals surface area contributed by atoms with Crippen LogP contribution in [-0.4, -0.2) is 31.1 Å². The molecule has 3 N–H and O–H groups in total. The maximum atomic E-state index is 11.5. The van der Waals surface area contributed by atoms with E-state index in [0.717, 1.165) is 51.4 Å². The van der Waals surface area contributed by atoms with Crippen LogP contribution < -0.4 is 11.1 Å². The molecule has 0 aromatic heterocycles. The number of esters is 1. The zero-order valence-corrected chi connectivity index (χ0v) is 12.3. The Balaban J connectivity index is 1.75. The molecule has 2 saturated carbocycles. The van der Waals surface area contributed by atoms with Gasteiger partial charge < -0.3 is 15.8 Å². The quantitative estimate of drug-likeness (QED) is 0.763. The van der Waals surface area contributed by atoms with Gasteiger partial charge in [-0.2, -0.15) is 0 Å². The molecule has 1 amide bonds. The first-order valence-electron chi connectivity index (χ1n) is 7.73. The minimum absolute atomic E-state index is 0.0349. The molecule has 0 aromatic carbocycles. The maximum Gasteiger partial charge on any atom is 0.308 e.